The maximum atomic E-state index is 4.95. The van der Waals surface area contributed by atoms with Gasteiger partial charge in [-0.1, -0.05) is 0 Å². The van der Waals surface area contributed by atoms with E-state index in [9.17, 15) is 0 Å². The van der Waals surface area contributed by atoms with Gasteiger partial charge in [0.25, 0.3) is 0 Å². The van der Waals surface area contributed by atoms with E-state index in [1.165, 1.54) is 0 Å². The van der Waals surface area contributed by atoms with Crippen molar-refractivity contribution in [3.8, 4) is 0 Å². The smallest absolute Gasteiger partial charge is 0.0700 e. The van der Waals surface area contributed by atoms with Crippen molar-refractivity contribution >= 4 is 0 Å². The van der Waals surface area contributed by atoms with Gasteiger partial charge in [-0.15, -0.1) is 0 Å². The van der Waals surface area contributed by atoms with Crippen molar-refractivity contribution in [1.82, 2.24) is 0 Å². The molecule has 0 aliphatic rings. The van der Waals surface area contributed by atoms with Crippen LogP contribution in [0.25, 0.3) is 0 Å². The fourth-order valence-electron chi connectivity index (χ4n) is 0.287. The van der Waals surface area contributed by atoms with Crippen LogP contribution in [-0.4, -0.2) is 26.9 Å². The SMILES string of the molecule is CCOCCOC.[Lu]. The number of rotatable bonds is 4. The van der Waals surface area contributed by atoms with Gasteiger partial charge in [0.05, 0.1) is 13.2 Å². The Hall–Kier alpha value is 1.15. The third kappa shape index (κ3) is 10.2. The van der Waals surface area contributed by atoms with Gasteiger partial charge in [0.2, 0.25) is 0 Å². The zero-order valence-corrected chi connectivity index (χ0v) is 6.85. The predicted octanol–water partition coefficient (Wildman–Crippen LogP) is 0.669. The van der Waals surface area contributed by atoms with Gasteiger partial charge in [-0.3, -0.25) is 0 Å². The maximum absolute atomic E-state index is 4.95. The molecule has 0 fully saturated rings. The van der Waals surface area contributed by atoms with E-state index >= 15 is 0 Å². The van der Waals surface area contributed by atoms with Gasteiger partial charge in [0, 0.05) is 50.6 Å². The van der Waals surface area contributed by atoms with Crippen molar-refractivity contribution < 1.29 is 46.3 Å². The third-order valence-electron chi connectivity index (χ3n) is 0.636. The summed E-state index contributed by atoms with van der Waals surface area (Å²) in [7, 11) is 1.67. The first kappa shape index (κ1) is 11.9. The van der Waals surface area contributed by atoms with E-state index in [0.717, 1.165) is 6.61 Å². The van der Waals surface area contributed by atoms with E-state index in [1.807, 2.05) is 6.92 Å². The molecule has 0 bridgehead atoms. The van der Waals surface area contributed by atoms with Gasteiger partial charge in [0.1, 0.15) is 0 Å². The number of hydrogen-bond donors (Lipinski definition) is 0. The minimum Gasteiger partial charge on any atom is -0.382 e. The molecule has 0 unspecified atom stereocenters. The van der Waals surface area contributed by atoms with E-state index in [0.29, 0.717) is 13.2 Å². The molecule has 0 aromatic rings. The largest absolute Gasteiger partial charge is 0.382 e. The Labute approximate surface area is 79.7 Å². The van der Waals surface area contributed by atoms with Crippen LogP contribution in [0, 0.1) is 36.9 Å². The molecule has 0 rings (SSSR count). The summed E-state index contributed by atoms with van der Waals surface area (Å²) in [6.07, 6.45) is 0. The summed E-state index contributed by atoms with van der Waals surface area (Å²) in [5, 5.41) is 0. The van der Waals surface area contributed by atoms with Crippen LogP contribution in [0.3, 0.4) is 0 Å². The summed E-state index contributed by atoms with van der Waals surface area (Å²) < 4.78 is 9.67. The molecule has 2 nitrogen and oxygen atoms in total. The van der Waals surface area contributed by atoms with E-state index < -0.39 is 0 Å². The fourth-order valence-corrected chi connectivity index (χ4v) is 0.287. The van der Waals surface area contributed by atoms with Crippen molar-refractivity contribution in [3.63, 3.8) is 0 Å². The average Bonchev–Trinajstić information content (AvgIpc) is 1.69. The van der Waals surface area contributed by atoms with Crippen LogP contribution in [0.15, 0.2) is 0 Å². The Morgan fingerprint density at radius 1 is 1.25 bits per heavy atom. The Kier molecular flexibility index (Phi) is 16.4. The normalized spacial score (nSPS) is 8.25. The second-order valence-electron chi connectivity index (χ2n) is 1.19. The van der Waals surface area contributed by atoms with Crippen LogP contribution in [0.2, 0.25) is 0 Å². The van der Waals surface area contributed by atoms with Crippen molar-refractivity contribution in [1.29, 1.82) is 0 Å². The third-order valence-corrected chi connectivity index (χ3v) is 0.636. The Morgan fingerprint density at radius 2 is 1.88 bits per heavy atom. The van der Waals surface area contributed by atoms with Crippen molar-refractivity contribution in [3.05, 3.63) is 0 Å². The van der Waals surface area contributed by atoms with Crippen LogP contribution < -0.4 is 0 Å². The summed E-state index contributed by atoms with van der Waals surface area (Å²) in [4.78, 5) is 0. The summed E-state index contributed by atoms with van der Waals surface area (Å²) in [5.41, 5.74) is 0. The van der Waals surface area contributed by atoms with Crippen LogP contribution in [0.1, 0.15) is 6.92 Å². The summed E-state index contributed by atoms with van der Waals surface area (Å²) in [5.74, 6) is 0. The van der Waals surface area contributed by atoms with E-state index in [1.54, 1.807) is 7.11 Å². The second kappa shape index (κ2) is 11.0. The number of methoxy groups -OCH3 is 1. The molecule has 0 saturated heterocycles. The van der Waals surface area contributed by atoms with Gasteiger partial charge >= 0.3 is 0 Å². The zero-order chi connectivity index (χ0) is 5.54. The first-order valence-electron chi connectivity index (χ1n) is 2.48. The van der Waals surface area contributed by atoms with E-state index in [4.69, 9.17) is 9.47 Å². The van der Waals surface area contributed by atoms with Crippen molar-refractivity contribution in [2.45, 2.75) is 6.92 Å². The van der Waals surface area contributed by atoms with Gasteiger partial charge in [-0.2, -0.15) is 0 Å². The number of ether oxygens (including phenoxy) is 2. The molecule has 0 amide bonds. The molecule has 3 heteroatoms. The first-order chi connectivity index (χ1) is 3.41. The predicted molar refractivity (Wildman–Crippen MR) is 28.4 cm³/mol. The molecule has 0 N–H and O–H groups in total. The molecule has 0 aliphatic carbocycles. The standard InChI is InChI=1S/C5H12O2.Lu/c1-3-7-5-4-6-2;/h3-5H2,1-2H3;. The maximum Gasteiger partial charge on any atom is 0.0700 e. The molecular weight excluding hydrogens is 267 g/mol. The summed E-state index contributed by atoms with van der Waals surface area (Å²) >= 11 is 0. The fraction of sp³-hybridized carbons (Fsp3) is 1.00. The van der Waals surface area contributed by atoms with E-state index in [-0.39, 0.29) is 36.9 Å². The molecule has 0 aromatic carbocycles. The van der Waals surface area contributed by atoms with Crippen LogP contribution in [-0.2, 0) is 9.47 Å². The van der Waals surface area contributed by atoms with Crippen molar-refractivity contribution in [2.24, 2.45) is 0 Å². The summed E-state index contributed by atoms with van der Waals surface area (Å²) in [6.45, 7) is 4.17. The molecule has 0 aliphatic heterocycles. The summed E-state index contributed by atoms with van der Waals surface area (Å²) in [6, 6.07) is 0. The van der Waals surface area contributed by atoms with Gasteiger partial charge in [-0.25, -0.2) is 0 Å². The topological polar surface area (TPSA) is 18.5 Å². The Balaban J connectivity index is 0. The van der Waals surface area contributed by atoms with Crippen LogP contribution in [0.5, 0.6) is 0 Å². The molecule has 0 heterocycles. The second-order valence-corrected chi connectivity index (χ2v) is 1.19. The molecular formula is C5H12LuO2. The molecule has 8 heavy (non-hydrogen) atoms. The quantitative estimate of drug-likeness (QED) is 0.704. The monoisotopic (exact) mass is 279 g/mol. The average molecular weight is 279 g/mol. The minimum atomic E-state index is 0. The van der Waals surface area contributed by atoms with Gasteiger partial charge in [0.15, 0.2) is 0 Å². The first-order valence-corrected chi connectivity index (χ1v) is 2.48. The van der Waals surface area contributed by atoms with Crippen LogP contribution >= 0.6 is 0 Å². The van der Waals surface area contributed by atoms with E-state index in [2.05, 4.69) is 0 Å². The number of hydrogen-bond acceptors (Lipinski definition) is 2. The molecule has 0 aromatic heterocycles. The molecule has 59 valence electrons. The molecule has 1 radical (unpaired) electrons. The zero-order valence-electron chi connectivity index (χ0n) is 5.20. The van der Waals surface area contributed by atoms with Gasteiger partial charge < -0.3 is 9.47 Å². The molecule has 0 saturated carbocycles. The van der Waals surface area contributed by atoms with Crippen LogP contribution in [0.4, 0.5) is 0 Å². The molecule has 0 spiro atoms. The van der Waals surface area contributed by atoms with Crippen molar-refractivity contribution in [2.75, 3.05) is 26.9 Å². The Bertz CT molecular complexity index is 29.6. The minimum absolute atomic E-state index is 0. The van der Waals surface area contributed by atoms with Gasteiger partial charge in [-0.05, 0) is 6.92 Å². The molecule has 0 atom stereocenters. The Morgan fingerprint density at radius 3 is 2.25 bits per heavy atom.